The van der Waals surface area contributed by atoms with Gasteiger partial charge in [-0.05, 0) is 41.9 Å². The molecule has 1 aromatic carbocycles. The normalized spacial score (nSPS) is 12.9. The Morgan fingerprint density at radius 2 is 2.00 bits per heavy atom. The molecule has 0 N–H and O–H groups in total. The van der Waals surface area contributed by atoms with Gasteiger partial charge in [-0.25, -0.2) is 4.99 Å². The zero-order chi connectivity index (χ0) is 15.0. The third-order valence-corrected chi connectivity index (χ3v) is 3.98. The molecule has 0 spiro atoms. The van der Waals surface area contributed by atoms with E-state index in [2.05, 4.69) is 27.0 Å². The number of rotatable bonds is 2. The average Bonchev–Trinajstić information content (AvgIpc) is 3.01. The molecule has 0 unspecified atom stereocenters. The van der Waals surface area contributed by atoms with Crippen molar-refractivity contribution in [2.75, 3.05) is 6.79 Å². The van der Waals surface area contributed by atoms with Crippen molar-refractivity contribution in [3.05, 3.63) is 39.1 Å². The van der Waals surface area contributed by atoms with Crippen LogP contribution in [-0.2, 0) is 0 Å². The molecule has 106 valence electrons. The van der Waals surface area contributed by atoms with Gasteiger partial charge in [0.05, 0.1) is 0 Å². The Morgan fingerprint density at radius 1 is 1.29 bits per heavy atom. The molecule has 0 radical (unpaired) electrons. The summed E-state index contributed by atoms with van der Waals surface area (Å²) in [5.41, 5.74) is 2.09. The highest BCUT2D eigenvalue weighted by molar-refractivity contribution is 9.10. The van der Waals surface area contributed by atoms with Crippen LogP contribution in [0.3, 0.4) is 0 Å². The number of hydrogen-bond donors (Lipinski definition) is 0. The molecule has 1 aliphatic rings. The van der Waals surface area contributed by atoms with Crippen molar-refractivity contribution in [3.63, 3.8) is 0 Å². The van der Waals surface area contributed by atoms with Gasteiger partial charge >= 0.3 is 0 Å². The molecule has 0 bridgehead atoms. The highest BCUT2D eigenvalue weighted by Gasteiger charge is 2.16. The monoisotopic (exact) mass is 346 g/mol. The molecule has 2 heterocycles. The largest absolute Gasteiger partial charge is 0.454 e. The molecule has 6 heteroatoms. The predicted octanol–water partition coefficient (Wildman–Crippen LogP) is 4.01. The molecule has 1 aliphatic heterocycles. The van der Waals surface area contributed by atoms with Gasteiger partial charge in [-0.1, -0.05) is 0 Å². The lowest BCUT2D eigenvalue weighted by Gasteiger charge is -2.01. The van der Waals surface area contributed by atoms with Gasteiger partial charge in [0.25, 0.3) is 0 Å². The molecule has 0 aliphatic carbocycles. The van der Waals surface area contributed by atoms with Crippen LogP contribution < -0.4 is 9.47 Å². The molecule has 0 saturated carbocycles. The highest BCUT2D eigenvalue weighted by atomic mass is 79.9. The first kappa shape index (κ1) is 13.7. The van der Waals surface area contributed by atoms with Gasteiger partial charge in [-0.3, -0.25) is 0 Å². The SMILES string of the molecule is Cc1oc(N=Cc2cc3c(cc2Br)OCO3)c(C#N)c1C. The lowest BCUT2D eigenvalue weighted by Crippen LogP contribution is -1.92. The van der Waals surface area contributed by atoms with E-state index in [1.54, 1.807) is 6.21 Å². The number of fused-ring (bicyclic) bond motifs is 1. The first-order valence-electron chi connectivity index (χ1n) is 6.23. The molecular weight excluding hydrogens is 336 g/mol. The second-order valence-electron chi connectivity index (χ2n) is 4.56. The number of aliphatic imine (C=N–C) groups is 1. The second-order valence-corrected chi connectivity index (χ2v) is 5.41. The van der Waals surface area contributed by atoms with E-state index < -0.39 is 0 Å². The Kier molecular flexibility index (Phi) is 3.43. The van der Waals surface area contributed by atoms with E-state index >= 15 is 0 Å². The molecule has 0 fully saturated rings. The zero-order valence-corrected chi connectivity index (χ0v) is 13.0. The third-order valence-electron chi connectivity index (χ3n) is 3.29. The summed E-state index contributed by atoms with van der Waals surface area (Å²) in [5.74, 6) is 2.38. The highest BCUT2D eigenvalue weighted by Crippen LogP contribution is 2.36. The van der Waals surface area contributed by atoms with E-state index in [-0.39, 0.29) is 6.79 Å². The summed E-state index contributed by atoms with van der Waals surface area (Å²) >= 11 is 3.46. The van der Waals surface area contributed by atoms with Crippen molar-refractivity contribution in [1.29, 1.82) is 5.26 Å². The number of ether oxygens (including phenoxy) is 2. The van der Waals surface area contributed by atoms with E-state index in [1.165, 1.54) is 0 Å². The van der Waals surface area contributed by atoms with Crippen molar-refractivity contribution >= 4 is 28.0 Å². The first-order chi connectivity index (χ1) is 10.1. The maximum Gasteiger partial charge on any atom is 0.237 e. The van der Waals surface area contributed by atoms with E-state index in [0.29, 0.717) is 28.7 Å². The van der Waals surface area contributed by atoms with Crippen molar-refractivity contribution < 1.29 is 13.9 Å². The summed E-state index contributed by atoms with van der Waals surface area (Å²) in [6, 6.07) is 5.76. The minimum Gasteiger partial charge on any atom is -0.454 e. The molecule has 1 aromatic heterocycles. The Labute approximate surface area is 129 Å². The van der Waals surface area contributed by atoms with Gasteiger partial charge in [0.15, 0.2) is 11.5 Å². The maximum atomic E-state index is 9.16. The number of furan rings is 1. The Hall–Kier alpha value is -2.26. The number of aryl methyl sites for hydroxylation is 1. The topological polar surface area (TPSA) is 67.8 Å². The van der Waals surface area contributed by atoms with Crippen LogP contribution in [0.2, 0.25) is 0 Å². The van der Waals surface area contributed by atoms with Crippen LogP contribution in [0.25, 0.3) is 0 Å². The zero-order valence-electron chi connectivity index (χ0n) is 11.4. The molecule has 21 heavy (non-hydrogen) atoms. The van der Waals surface area contributed by atoms with Crippen molar-refractivity contribution in [1.82, 2.24) is 0 Å². The second kappa shape index (κ2) is 5.26. The summed E-state index contributed by atoms with van der Waals surface area (Å²) in [5, 5.41) is 9.16. The van der Waals surface area contributed by atoms with E-state index in [4.69, 9.17) is 19.2 Å². The van der Waals surface area contributed by atoms with Crippen molar-refractivity contribution in [2.45, 2.75) is 13.8 Å². The number of halogens is 1. The van der Waals surface area contributed by atoms with E-state index in [1.807, 2.05) is 26.0 Å². The Bertz CT molecular complexity index is 787. The molecule has 0 saturated heterocycles. The van der Waals surface area contributed by atoms with Gasteiger partial charge in [0.2, 0.25) is 12.7 Å². The summed E-state index contributed by atoms with van der Waals surface area (Å²) in [7, 11) is 0. The molecule has 3 rings (SSSR count). The molecule has 2 aromatic rings. The van der Waals surface area contributed by atoms with Crippen LogP contribution in [0, 0.1) is 25.2 Å². The Morgan fingerprint density at radius 3 is 2.71 bits per heavy atom. The van der Waals surface area contributed by atoms with E-state index in [0.717, 1.165) is 15.6 Å². The number of hydrogen-bond acceptors (Lipinski definition) is 5. The fourth-order valence-electron chi connectivity index (χ4n) is 1.99. The summed E-state index contributed by atoms with van der Waals surface area (Å²) in [6.07, 6.45) is 1.63. The van der Waals surface area contributed by atoms with Crippen LogP contribution in [0.4, 0.5) is 5.88 Å². The summed E-state index contributed by atoms with van der Waals surface area (Å²) in [6.45, 7) is 3.87. The fraction of sp³-hybridized carbons (Fsp3) is 0.200. The van der Waals surface area contributed by atoms with Crippen LogP contribution in [0.15, 0.2) is 26.0 Å². The molecule has 0 atom stereocenters. The van der Waals surface area contributed by atoms with E-state index in [9.17, 15) is 0 Å². The Balaban J connectivity index is 1.98. The van der Waals surface area contributed by atoms with Gasteiger partial charge in [0.1, 0.15) is 17.4 Å². The first-order valence-corrected chi connectivity index (χ1v) is 7.02. The third kappa shape index (κ3) is 2.41. The van der Waals surface area contributed by atoms with Crippen LogP contribution in [-0.4, -0.2) is 13.0 Å². The van der Waals surface area contributed by atoms with Crippen LogP contribution in [0.5, 0.6) is 11.5 Å². The van der Waals surface area contributed by atoms with Crippen LogP contribution >= 0.6 is 15.9 Å². The lowest BCUT2D eigenvalue weighted by molar-refractivity contribution is 0.174. The predicted molar refractivity (Wildman–Crippen MR) is 80.4 cm³/mol. The van der Waals surface area contributed by atoms with Gasteiger partial charge in [-0.2, -0.15) is 5.26 Å². The maximum absolute atomic E-state index is 9.16. The smallest absolute Gasteiger partial charge is 0.237 e. The molecular formula is C15H11BrN2O3. The number of nitrogens with zero attached hydrogens (tertiary/aromatic N) is 2. The summed E-state index contributed by atoms with van der Waals surface area (Å²) < 4.78 is 17.0. The summed E-state index contributed by atoms with van der Waals surface area (Å²) in [4.78, 5) is 4.27. The standard InChI is InChI=1S/C15H11BrN2O3/c1-8-9(2)21-15(11(8)5-17)18-6-10-3-13-14(4-12(10)16)20-7-19-13/h3-4,6H,7H2,1-2H3. The molecule has 0 amide bonds. The average molecular weight is 347 g/mol. The van der Waals surface area contributed by atoms with Crippen molar-refractivity contribution in [3.8, 4) is 17.6 Å². The molecule has 5 nitrogen and oxygen atoms in total. The lowest BCUT2D eigenvalue weighted by atomic mass is 10.2. The van der Waals surface area contributed by atoms with Gasteiger partial charge in [0, 0.05) is 21.8 Å². The minimum atomic E-state index is 0.220. The van der Waals surface area contributed by atoms with Crippen molar-refractivity contribution in [2.24, 2.45) is 4.99 Å². The number of nitriles is 1. The fourth-order valence-corrected chi connectivity index (χ4v) is 2.42. The minimum absolute atomic E-state index is 0.220. The number of benzene rings is 1. The van der Waals surface area contributed by atoms with Crippen LogP contribution in [0.1, 0.15) is 22.5 Å². The quantitative estimate of drug-likeness (QED) is 0.770. The van der Waals surface area contributed by atoms with Gasteiger partial charge < -0.3 is 13.9 Å². The van der Waals surface area contributed by atoms with Gasteiger partial charge in [-0.15, -0.1) is 0 Å².